The van der Waals surface area contributed by atoms with Crippen molar-refractivity contribution in [1.82, 2.24) is 9.88 Å². The van der Waals surface area contributed by atoms with Crippen molar-refractivity contribution in [3.05, 3.63) is 53.9 Å². The van der Waals surface area contributed by atoms with Crippen LogP contribution in [0.1, 0.15) is 23.0 Å². The molecule has 0 bridgehead atoms. The predicted octanol–water partition coefficient (Wildman–Crippen LogP) is 2.17. The van der Waals surface area contributed by atoms with E-state index in [0.717, 1.165) is 42.9 Å². The molecule has 2 aromatic rings. The molecule has 6 nitrogen and oxygen atoms in total. The molecule has 0 aliphatic carbocycles. The number of benzene rings is 1. The van der Waals surface area contributed by atoms with E-state index in [1.807, 2.05) is 30.3 Å². The van der Waals surface area contributed by atoms with Gasteiger partial charge in [0.05, 0.1) is 11.9 Å². The van der Waals surface area contributed by atoms with E-state index in [1.54, 1.807) is 17.2 Å². The highest BCUT2D eigenvalue weighted by molar-refractivity contribution is 6.03. The van der Waals surface area contributed by atoms with Crippen LogP contribution in [0.15, 0.2) is 42.6 Å². The number of carbonyl (C=O) groups excluding carboxylic acids is 2. The van der Waals surface area contributed by atoms with Crippen LogP contribution in [0.2, 0.25) is 0 Å². The van der Waals surface area contributed by atoms with Crippen LogP contribution >= 0.6 is 0 Å². The first-order valence-electron chi connectivity index (χ1n) is 8.51. The molecule has 1 aliphatic heterocycles. The maximum atomic E-state index is 12.4. The molecule has 0 atom stereocenters. The molecule has 1 aromatic heterocycles. The van der Waals surface area contributed by atoms with E-state index in [-0.39, 0.29) is 5.91 Å². The van der Waals surface area contributed by atoms with Gasteiger partial charge in [0.15, 0.2) is 0 Å². The van der Waals surface area contributed by atoms with Crippen molar-refractivity contribution in [2.75, 3.05) is 36.4 Å². The summed E-state index contributed by atoms with van der Waals surface area (Å²) in [5.41, 5.74) is 3.28. The largest absolute Gasteiger partial charge is 0.367 e. The van der Waals surface area contributed by atoms with Gasteiger partial charge in [0.1, 0.15) is 5.69 Å². The first-order valence-corrected chi connectivity index (χ1v) is 8.51. The quantitative estimate of drug-likeness (QED) is 0.849. The van der Waals surface area contributed by atoms with Gasteiger partial charge in [0.25, 0.3) is 5.91 Å². The summed E-state index contributed by atoms with van der Waals surface area (Å²) >= 11 is 0. The van der Waals surface area contributed by atoms with Crippen molar-refractivity contribution in [2.45, 2.75) is 13.3 Å². The SMILES string of the molecule is CCc1ccccc1NC(=O)c1ccc(N2CCN(C=O)CC2)cn1. The van der Waals surface area contributed by atoms with E-state index >= 15 is 0 Å². The number of pyridine rings is 1. The number of amides is 2. The van der Waals surface area contributed by atoms with E-state index in [1.165, 1.54) is 0 Å². The second-order valence-corrected chi connectivity index (χ2v) is 5.99. The summed E-state index contributed by atoms with van der Waals surface area (Å²) in [4.78, 5) is 31.4. The molecule has 1 aromatic carbocycles. The fourth-order valence-electron chi connectivity index (χ4n) is 2.93. The Hall–Kier alpha value is -2.89. The van der Waals surface area contributed by atoms with Gasteiger partial charge in [-0.05, 0) is 30.2 Å². The third kappa shape index (κ3) is 3.96. The Morgan fingerprint density at radius 2 is 1.92 bits per heavy atom. The fourth-order valence-corrected chi connectivity index (χ4v) is 2.93. The van der Waals surface area contributed by atoms with Gasteiger partial charge in [-0.3, -0.25) is 9.59 Å². The lowest BCUT2D eigenvalue weighted by Crippen LogP contribution is -2.45. The number of rotatable bonds is 5. The maximum Gasteiger partial charge on any atom is 0.274 e. The summed E-state index contributed by atoms with van der Waals surface area (Å²) in [5, 5.41) is 2.93. The van der Waals surface area contributed by atoms with Crippen molar-refractivity contribution in [3.63, 3.8) is 0 Å². The van der Waals surface area contributed by atoms with E-state index in [0.29, 0.717) is 18.8 Å². The zero-order valence-corrected chi connectivity index (χ0v) is 14.3. The zero-order chi connectivity index (χ0) is 17.6. The average Bonchev–Trinajstić information content (AvgIpc) is 2.68. The van der Waals surface area contributed by atoms with Crippen LogP contribution in [-0.4, -0.2) is 48.4 Å². The summed E-state index contributed by atoms with van der Waals surface area (Å²) in [5.74, 6) is -0.210. The van der Waals surface area contributed by atoms with E-state index in [4.69, 9.17) is 0 Å². The lowest BCUT2D eigenvalue weighted by molar-refractivity contribution is -0.118. The molecular weight excluding hydrogens is 316 g/mol. The standard InChI is InChI=1S/C19H22N4O2/c1-2-15-5-3-4-6-17(15)21-19(25)18-8-7-16(13-20-18)23-11-9-22(14-24)10-12-23/h3-8,13-14H,2,9-12H2,1H3,(H,21,25). The van der Waals surface area contributed by atoms with Crippen LogP contribution in [0.25, 0.3) is 0 Å². The monoisotopic (exact) mass is 338 g/mol. The molecule has 1 saturated heterocycles. The predicted molar refractivity (Wildman–Crippen MR) is 97.9 cm³/mol. The molecule has 130 valence electrons. The van der Waals surface area contributed by atoms with Gasteiger partial charge in [-0.1, -0.05) is 25.1 Å². The molecule has 6 heteroatoms. The lowest BCUT2D eigenvalue weighted by atomic mass is 10.1. The van der Waals surface area contributed by atoms with E-state index in [2.05, 4.69) is 22.1 Å². The number of hydrogen-bond donors (Lipinski definition) is 1. The van der Waals surface area contributed by atoms with Gasteiger partial charge < -0.3 is 15.1 Å². The Bertz CT molecular complexity index is 737. The number of nitrogens with zero attached hydrogens (tertiary/aromatic N) is 3. The molecular formula is C19H22N4O2. The van der Waals surface area contributed by atoms with Gasteiger partial charge in [0.2, 0.25) is 6.41 Å². The zero-order valence-electron chi connectivity index (χ0n) is 14.3. The first kappa shape index (κ1) is 17.0. The normalized spacial score (nSPS) is 14.3. The molecule has 1 aliphatic rings. The average molecular weight is 338 g/mol. The van der Waals surface area contributed by atoms with Crippen LogP contribution in [0, 0.1) is 0 Å². The summed E-state index contributed by atoms with van der Waals surface area (Å²) < 4.78 is 0. The second-order valence-electron chi connectivity index (χ2n) is 5.99. The molecule has 0 spiro atoms. The van der Waals surface area contributed by atoms with Gasteiger partial charge in [-0.25, -0.2) is 4.98 Å². The highest BCUT2D eigenvalue weighted by Gasteiger charge is 2.17. The van der Waals surface area contributed by atoms with Crippen molar-refractivity contribution < 1.29 is 9.59 Å². The van der Waals surface area contributed by atoms with E-state index < -0.39 is 0 Å². The minimum Gasteiger partial charge on any atom is -0.367 e. The van der Waals surface area contributed by atoms with Crippen molar-refractivity contribution >= 4 is 23.7 Å². The number of para-hydroxylation sites is 1. The third-order valence-electron chi connectivity index (χ3n) is 4.46. The third-order valence-corrected chi connectivity index (χ3v) is 4.46. The van der Waals surface area contributed by atoms with Gasteiger partial charge >= 0.3 is 0 Å². The molecule has 2 heterocycles. The number of nitrogens with one attached hydrogen (secondary N) is 1. The molecule has 1 N–H and O–H groups in total. The Labute approximate surface area is 147 Å². The van der Waals surface area contributed by atoms with Crippen LogP contribution in [0.5, 0.6) is 0 Å². The Kier molecular flexibility index (Phi) is 5.28. The minimum absolute atomic E-state index is 0.210. The topological polar surface area (TPSA) is 65.5 Å². The number of aromatic nitrogens is 1. The molecule has 0 radical (unpaired) electrons. The molecule has 0 saturated carbocycles. The molecule has 3 rings (SSSR count). The summed E-state index contributed by atoms with van der Waals surface area (Å²) in [6, 6.07) is 11.4. The summed E-state index contributed by atoms with van der Waals surface area (Å²) in [7, 11) is 0. The molecule has 0 unspecified atom stereocenters. The van der Waals surface area contributed by atoms with Crippen LogP contribution in [-0.2, 0) is 11.2 Å². The van der Waals surface area contributed by atoms with Crippen molar-refractivity contribution in [1.29, 1.82) is 0 Å². The van der Waals surface area contributed by atoms with Crippen LogP contribution in [0.3, 0.4) is 0 Å². The number of hydrogen-bond acceptors (Lipinski definition) is 4. The second kappa shape index (κ2) is 7.79. The highest BCUT2D eigenvalue weighted by Crippen LogP contribution is 2.18. The maximum absolute atomic E-state index is 12.4. The van der Waals surface area contributed by atoms with Crippen molar-refractivity contribution in [3.8, 4) is 0 Å². The minimum atomic E-state index is -0.210. The molecule has 25 heavy (non-hydrogen) atoms. The van der Waals surface area contributed by atoms with E-state index in [9.17, 15) is 9.59 Å². The molecule has 2 amide bonds. The van der Waals surface area contributed by atoms with Crippen molar-refractivity contribution in [2.24, 2.45) is 0 Å². The molecule has 1 fully saturated rings. The first-order chi connectivity index (χ1) is 12.2. The number of aryl methyl sites for hydroxylation is 1. The van der Waals surface area contributed by atoms with Crippen LogP contribution in [0.4, 0.5) is 11.4 Å². The fraction of sp³-hybridized carbons (Fsp3) is 0.316. The summed E-state index contributed by atoms with van der Waals surface area (Å²) in [6.07, 6.45) is 3.46. The lowest BCUT2D eigenvalue weighted by Gasteiger charge is -2.33. The number of carbonyl (C=O) groups is 2. The van der Waals surface area contributed by atoms with Gasteiger partial charge in [0, 0.05) is 31.9 Å². The number of anilines is 2. The smallest absolute Gasteiger partial charge is 0.274 e. The Morgan fingerprint density at radius 3 is 2.56 bits per heavy atom. The van der Waals surface area contributed by atoms with Crippen LogP contribution < -0.4 is 10.2 Å². The number of piperazine rings is 1. The van der Waals surface area contributed by atoms with Gasteiger partial charge in [-0.2, -0.15) is 0 Å². The Morgan fingerprint density at radius 1 is 1.16 bits per heavy atom. The Balaban J connectivity index is 1.66. The van der Waals surface area contributed by atoms with Gasteiger partial charge in [-0.15, -0.1) is 0 Å². The summed E-state index contributed by atoms with van der Waals surface area (Å²) in [6.45, 7) is 5.02. The highest BCUT2D eigenvalue weighted by atomic mass is 16.2.